The lowest BCUT2D eigenvalue weighted by atomic mass is 9.99. The van der Waals surface area contributed by atoms with Crippen LogP contribution in [0.2, 0.25) is 5.02 Å². The quantitative estimate of drug-likeness (QED) is 0.291. The number of carbonyl (C=O) groups is 2. The van der Waals surface area contributed by atoms with E-state index < -0.39 is 6.04 Å². The number of rotatable bonds is 9. The van der Waals surface area contributed by atoms with E-state index in [0.29, 0.717) is 11.4 Å². The van der Waals surface area contributed by atoms with Gasteiger partial charge in [0.2, 0.25) is 0 Å². The number of nitrogens with zero attached hydrogens (tertiary/aromatic N) is 3. The summed E-state index contributed by atoms with van der Waals surface area (Å²) in [5.41, 5.74) is 5.78. The van der Waals surface area contributed by atoms with Gasteiger partial charge in [-0.25, -0.2) is 4.98 Å². The first-order valence-corrected chi connectivity index (χ1v) is 14.9. The van der Waals surface area contributed by atoms with Crippen molar-refractivity contribution in [2.24, 2.45) is 0 Å². The molecule has 1 fully saturated rings. The van der Waals surface area contributed by atoms with E-state index >= 15 is 0 Å². The molecule has 5 rings (SSSR count). The van der Waals surface area contributed by atoms with Gasteiger partial charge in [-0.15, -0.1) is 0 Å². The Hall–Kier alpha value is -3.22. The van der Waals surface area contributed by atoms with E-state index in [-0.39, 0.29) is 17.9 Å². The molecule has 6 nitrogen and oxygen atoms in total. The maximum Gasteiger partial charge on any atom is 0.255 e. The lowest BCUT2D eigenvalue weighted by Gasteiger charge is -2.39. The summed E-state index contributed by atoms with van der Waals surface area (Å²) in [6.07, 6.45) is 6.06. The summed E-state index contributed by atoms with van der Waals surface area (Å²) in [7, 11) is 0. The Labute approximate surface area is 242 Å². The largest absolute Gasteiger partial charge is 0.319 e. The minimum absolute atomic E-state index is 0.00562. The van der Waals surface area contributed by atoms with Crippen LogP contribution in [0.5, 0.6) is 0 Å². The van der Waals surface area contributed by atoms with Crippen LogP contribution >= 0.6 is 11.6 Å². The highest BCUT2D eigenvalue weighted by molar-refractivity contribution is 6.31. The number of benzene rings is 2. The van der Waals surface area contributed by atoms with Gasteiger partial charge in [-0.2, -0.15) is 0 Å². The first-order valence-electron chi connectivity index (χ1n) is 14.5. The topological polar surface area (TPSA) is 65.5 Å². The van der Waals surface area contributed by atoms with Gasteiger partial charge in [0.25, 0.3) is 11.8 Å². The number of pyridine rings is 1. The van der Waals surface area contributed by atoms with Crippen LogP contribution in [0.1, 0.15) is 83.4 Å². The van der Waals surface area contributed by atoms with Crippen molar-refractivity contribution in [2.75, 3.05) is 18.4 Å². The first-order chi connectivity index (χ1) is 19.3. The normalized spacial score (nSPS) is 17.8. The smallest absolute Gasteiger partial charge is 0.255 e. The summed E-state index contributed by atoms with van der Waals surface area (Å²) in [6.45, 7) is 8.75. The Morgan fingerprint density at radius 1 is 1.02 bits per heavy atom. The minimum atomic E-state index is -0.662. The number of hydrogen-bond donors (Lipinski definition) is 1. The molecule has 0 spiro atoms. The third kappa shape index (κ3) is 6.24. The van der Waals surface area contributed by atoms with Crippen LogP contribution in [0, 0.1) is 13.8 Å². The average molecular weight is 559 g/mol. The Bertz CT molecular complexity index is 1380. The van der Waals surface area contributed by atoms with E-state index in [1.54, 1.807) is 0 Å². The number of halogens is 1. The fraction of sp³-hybridized carbons (Fsp3) is 0.424. The second-order valence-corrected chi connectivity index (χ2v) is 11.6. The summed E-state index contributed by atoms with van der Waals surface area (Å²) in [5, 5.41) is 3.86. The number of amides is 2. The van der Waals surface area contributed by atoms with Crippen molar-refractivity contribution in [1.29, 1.82) is 0 Å². The van der Waals surface area contributed by atoms with E-state index in [2.05, 4.69) is 40.3 Å². The number of unbranched alkanes of at least 4 members (excludes halogenated alkanes) is 2. The number of anilines is 1. The van der Waals surface area contributed by atoms with Gasteiger partial charge in [0, 0.05) is 42.0 Å². The first kappa shape index (κ1) is 28.3. The van der Waals surface area contributed by atoms with Crippen molar-refractivity contribution in [2.45, 2.75) is 77.9 Å². The molecule has 1 atom stereocenters. The van der Waals surface area contributed by atoms with Crippen LogP contribution in [-0.2, 0) is 17.8 Å². The number of piperidine rings is 1. The van der Waals surface area contributed by atoms with Crippen LogP contribution in [0.15, 0.2) is 54.6 Å². The lowest BCUT2D eigenvalue weighted by molar-refractivity contribution is -0.121. The number of aryl methyl sites for hydroxylation is 3. The van der Waals surface area contributed by atoms with Crippen molar-refractivity contribution in [3.8, 4) is 0 Å². The van der Waals surface area contributed by atoms with Gasteiger partial charge in [0.15, 0.2) is 0 Å². The van der Waals surface area contributed by atoms with Crippen LogP contribution in [0.4, 0.5) is 5.82 Å². The highest BCUT2D eigenvalue weighted by atomic mass is 35.5. The predicted octanol–water partition coefficient (Wildman–Crippen LogP) is 6.88. The molecule has 2 aromatic carbocycles. The summed E-state index contributed by atoms with van der Waals surface area (Å²) >= 11 is 6.21. The van der Waals surface area contributed by atoms with Crippen LogP contribution in [-0.4, -0.2) is 45.7 Å². The summed E-state index contributed by atoms with van der Waals surface area (Å²) in [6, 6.07) is 17.1. The highest BCUT2D eigenvalue weighted by Gasteiger charge is 2.45. The molecule has 7 heteroatoms. The number of hydrogen-bond acceptors (Lipinski definition) is 4. The van der Waals surface area contributed by atoms with E-state index in [9.17, 15) is 9.59 Å². The van der Waals surface area contributed by atoms with Crippen molar-refractivity contribution in [3.63, 3.8) is 0 Å². The van der Waals surface area contributed by atoms with Crippen molar-refractivity contribution in [1.82, 2.24) is 14.8 Å². The van der Waals surface area contributed by atoms with E-state index in [1.807, 2.05) is 55.1 Å². The zero-order chi connectivity index (χ0) is 28.2. The highest BCUT2D eigenvalue weighted by Crippen LogP contribution is 2.38. The molecule has 2 aliphatic heterocycles. The molecule has 0 radical (unpaired) electrons. The average Bonchev–Trinajstić information content (AvgIpc) is 3.23. The van der Waals surface area contributed by atoms with Gasteiger partial charge in [-0.05, 0) is 86.1 Å². The second kappa shape index (κ2) is 12.5. The molecule has 0 bridgehead atoms. The predicted molar refractivity (Wildman–Crippen MR) is 161 cm³/mol. The molecule has 1 N–H and O–H groups in total. The van der Waals surface area contributed by atoms with Crippen LogP contribution < -0.4 is 5.32 Å². The zero-order valence-electron chi connectivity index (χ0n) is 23.8. The molecule has 0 unspecified atom stereocenters. The molecule has 3 heterocycles. The van der Waals surface area contributed by atoms with Crippen LogP contribution in [0.3, 0.4) is 0 Å². The Balaban J connectivity index is 1.31. The van der Waals surface area contributed by atoms with Gasteiger partial charge < -0.3 is 10.2 Å². The standard InChI is InChI=1S/C33H39ClN4O2/c1-4-5-6-9-24-19-23(3)35-30(20-24)36-32(39)31-27-10-7-8-11-28(27)33(40)38(31)26-14-16-37(17-15-26)21-25-12-13-29(34)22(2)18-25/h7-8,10-13,18-20,26,31H,4-6,9,14-17,21H2,1-3H3,(H,35,36,39)/t31-/m1/s1. The SMILES string of the molecule is CCCCCc1cc(C)nc(NC(=O)[C@H]2c3ccccc3C(=O)N2C2CCN(Cc3ccc(Cl)c(C)c3)CC2)c1. The molecule has 2 amide bonds. The second-order valence-electron chi connectivity index (χ2n) is 11.2. The van der Waals surface area contributed by atoms with Crippen LogP contribution in [0.25, 0.3) is 0 Å². The molecule has 1 saturated heterocycles. The molecule has 0 saturated carbocycles. The fourth-order valence-corrected chi connectivity index (χ4v) is 6.24. The van der Waals surface area contributed by atoms with E-state index in [1.165, 1.54) is 24.0 Å². The molecule has 2 aliphatic rings. The van der Waals surface area contributed by atoms with Gasteiger partial charge >= 0.3 is 0 Å². The van der Waals surface area contributed by atoms with Gasteiger partial charge in [0.05, 0.1) is 0 Å². The zero-order valence-corrected chi connectivity index (χ0v) is 24.5. The lowest BCUT2D eigenvalue weighted by Crippen LogP contribution is -2.48. The number of aromatic nitrogens is 1. The Kier molecular flexibility index (Phi) is 8.87. The maximum absolute atomic E-state index is 13.9. The van der Waals surface area contributed by atoms with Crippen molar-refractivity contribution >= 4 is 29.2 Å². The minimum Gasteiger partial charge on any atom is -0.319 e. The number of carbonyl (C=O) groups excluding carboxylic acids is 2. The Morgan fingerprint density at radius 2 is 1.80 bits per heavy atom. The number of likely N-dealkylation sites (tertiary alicyclic amines) is 1. The molecule has 210 valence electrons. The van der Waals surface area contributed by atoms with Gasteiger partial charge in [0.1, 0.15) is 11.9 Å². The monoisotopic (exact) mass is 558 g/mol. The third-order valence-electron chi connectivity index (χ3n) is 8.16. The van der Waals surface area contributed by atoms with E-state index in [0.717, 1.165) is 67.2 Å². The molecular formula is C33H39ClN4O2. The summed E-state index contributed by atoms with van der Waals surface area (Å²) < 4.78 is 0. The third-order valence-corrected chi connectivity index (χ3v) is 8.58. The molecular weight excluding hydrogens is 520 g/mol. The maximum atomic E-state index is 13.9. The van der Waals surface area contributed by atoms with Crippen molar-refractivity contribution in [3.05, 3.63) is 93.1 Å². The molecule has 40 heavy (non-hydrogen) atoms. The van der Waals surface area contributed by atoms with Gasteiger partial charge in [-0.3, -0.25) is 14.5 Å². The summed E-state index contributed by atoms with van der Waals surface area (Å²) in [5.74, 6) is 0.302. The Morgan fingerprint density at radius 3 is 2.55 bits per heavy atom. The molecule has 1 aromatic heterocycles. The summed E-state index contributed by atoms with van der Waals surface area (Å²) in [4.78, 5) is 36.4. The van der Waals surface area contributed by atoms with Gasteiger partial charge in [-0.1, -0.05) is 61.7 Å². The molecule has 0 aliphatic carbocycles. The van der Waals surface area contributed by atoms with E-state index in [4.69, 9.17) is 11.6 Å². The number of nitrogens with one attached hydrogen (secondary N) is 1. The van der Waals surface area contributed by atoms with Crippen molar-refractivity contribution < 1.29 is 9.59 Å². The number of fused-ring (bicyclic) bond motifs is 1. The fourth-order valence-electron chi connectivity index (χ4n) is 6.12. The molecule has 3 aromatic rings.